The highest BCUT2D eigenvalue weighted by Crippen LogP contribution is 2.24. The number of hydrogen-bond donors (Lipinski definition) is 2. The van der Waals surface area contributed by atoms with Crippen LogP contribution in [-0.4, -0.2) is 17.2 Å². The Labute approximate surface area is 169 Å². The zero-order valence-electron chi connectivity index (χ0n) is 17.4. The van der Waals surface area contributed by atoms with Crippen molar-refractivity contribution in [1.29, 1.82) is 10.8 Å². The van der Waals surface area contributed by atoms with Gasteiger partial charge >= 0.3 is 0 Å². The molecule has 0 aromatic heterocycles. The Morgan fingerprint density at radius 3 is 1.32 bits per heavy atom. The summed E-state index contributed by atoms with van der Waals surface area (Å²) >= 11 is 0. The van der Waals surface area contributed by atoms with Crippen molar-refractivity contribution in [2.45, 2.75) is 52.4 Å². The summed E-state index contributed by atoms with van der Waals surface area (Å²) in [6.07, 6.45) is 0.946. The molecular formula is C25H32N2O. The second-order valence-corrected chi connectivity index (χ2v) is 7.93. The van der Waals surface area contributed by atoms with E-state index < -0.39 is 0 Å². The Bertz CT molecular complexity index is 730. The van der Waals surface area contributed by atoms with Gasteiger partial charge in [-0.1, -0.05) is 88.4 Å². The van der Waals surface area contributed by atoms with E-state index in [0.29, 0.717) is 24.3 Å². The van der Waals surface area contributed by atoms with E-state index in [9.17, 15) is 4.79 Å². The van der Waals surface area contributed by atoms with E-state index in [4.69, 9.17) is 10.8 Å². The van der Waals surface area contributed by atoms with E-state index in [0.717, 1.165) is 11.1 Å². The second-order valence-electron chi connectivity index (χ2n) is 7.93. The lowest BCUT2D eigenvalue weighted by Gasteiger charge is -2.21. The minimum Gasteiger partial charge on any atom is -0.309 e. The molecule has 0 saturated heterocycles. The molecule has 0 fully saturated rings. The van der Waals surface area contributed by atoms with Gasteiger partial charge in [0.15, 0.2) is 0 Å². The molecule has 0 aliphatic rings. The van der Waals surface area contributed by atoms with E-state index in [2.05, 4.69) is 0 Å². The maximum Gasteiger partial charge on any atom is 0.139 e. The zero-order chi connectivity index (χ0) is 20.7. The van der Waals surface area contributed by atoms with E-state index >= 15 is 0 Å². The number of carbonyl (C=O) groups is 1. The number of rotatable bonds is 10. The number of Topliss-reactive ketones (excluding diaryl/α,β-unsaturated/α-hetero) is 1. The van der Waals surface area contributed by atoms with E-state index in [-0.39, 0.29) is 29.5 Å². The Morgan fingerprint density at radius 2 is 1.00 bits per heavy atom. The fourth-order valence-electron chi connectivity index (χ4n) is 3.59. The molecule has 0 aliphatic heterocycles. The van der Waals surface area contributed by atoms with Crippen LogP contribution < -0.4 is 0 Å². The second kappa shape index (κ2) is 10.1. The SMILES string of the molecule is CC(CC(=N)[C@H](C)c1ccccc1)C(=O)C(C)CC(=N)[C@H](C)c1ccccc1. The van der Waals surface area contributed by atoms with Crippen LogP contribution in [0.4, 0.5) is 0 Å². The number of nitrogens with one attached hydrogen (secondary N) is 2. The van der Waals surface area contributed by atoms with Gasteiger partial charge in [0.25, 0.3) is 0 Å². The Hall–Kier alpha value is -2.55. The van der Waals surface area contributed by atoms with Gasteiger partial charge in [0.2, 0.25) is 0 Å². The van der Waals surface area contributed by atoms with Crippen molar-refractivity contribution < 1.29 is 4.79 Å². The summed E-state index contributed by atoms with van der Waals surface area (Å²) in [5, 5.41) is 16.8. The van der Waals surface area contributed by atoms with Crippen molar-refractivity contribution in [3.05, 3.63) is 71.8 Å². The van der Waals surface area contributed by atoms with Crippen molar-refractivity contribution in [2.24, 2.45) is 11.8 Å². The molecule has 0 amide bonds. The van der Waals surface area contributed by atoms with Crippen molar-refractivity contribution in [2.75, 3.05) is 0 Å². The maximum absolute atomic E-state index is 12.8. The molecule has 2 rings (SSSR count). The molecule has 0 aliphatic carbocycles. The van der Waals surface area contributed by atoms with E-state index in [1.54, 1.807) is 0 Å². The molecule has 0 saturated carbocycles. The summed E-state index contributed by atoms with van der Waals surface area (Å²) in [4.78, 5) is 12.8. The van der Waals surface area contributed by atoms with Crippen molar-refractivity contribution in [1.82, 2.24) is 0 Å². The molecule has 0 bridgehead atoms. The molecule has 3 nitrogen and oxygen atoms in total. The number of hydrogen-bond acceptors (Lipinski definition) is 3. The smallest absolute Gasteiger partial charge is 0.139 e. The lowest BCUT2D eigenvalue weighted by atomic mass is 9.82. The molecule has 4 atom stereocenters. The predicted octanol–water partition coefficient (Wildman–Crippen LogP) is 6.25. The summed E-state index contributed by atoms with van der Waals surface area (Å²) in [5.41, 5.74) is 3.40. The normalized spacial score (nSPS) is 15.3. The van der Waals surface area contributed by atoms with Gasteiger partial charge in [-0.15, -0.1) is 0 Å². The zero-order valence-corrected chi connectivity index (χ0v) is 17.4. The first-order valence-corrected chi connectivity index (χ1v) is 10.1. The summed E-state index contributed by atoms with van der Waals surface area (Å²) in [7, 11) is 0. The minimum atomic E-state index is -0.200. The van der Waals surface area contributed by atoms with Gasteiger partial charge in [-0.05, 0) is 24.0 Å². The Kier molecular flexibility index (Phi) is 7.86. The van der Waals surface area contributed by atoms with Crippen LogP contribution in [0.2, 0.25) is 0 Å². The van der Waals surface area contributed by atoms with Gasteiger partial charge < -0.3 is 10.8 Å². The molecule has 0 spiro atoms. The minimum absolute atomic E-state index is 0.0168. The molecular weight excluding hydrogens is 344 g/mol. The first kappa shape index (κ1) is 21.7. The highest BCUT2D eigenvalue weighted by atomic mass is 16.1. The van der Waals surface area contributed by atoms with Gasteiger partial charge in [0, 0.05) is 35.1 Å². The van der Waals surface area contributed by atoms with Crippen molar-refractivity contribution >= 4 is 17.2 Å². The number of carbonyl (C=O) groups excluding carboxylic acids is 1. The lowest BCUT2D eigenvalue weighted by Crippen LogP contribution is -2.26. The molecule has 0 heterocycles. The van der Waals surface area contributed by atoms with Gasteiger partial charge in [-0.2, -0.15) is 0 Å². The Balaban J connectivity index is 1.91. The first-order chi connectivity index (χ1) is 13.3. The van der Waals surface area contributed by atoms with Gasteiger partial charge in [-0.25, -0.2) is 0 Å². The molecule has 2 N–H and O–H groups in total. The monoisotopic (exact) mass is 376 g/mol. The third-order valence-corrected chi connectivity index (χ3v) is 5.67. The molecule has 2 unspecified atom stereocenters. The van der Waals surface area contributed by atoms with Crippen LogP contribution in [0.1, 0.15) is 63.5 Å². The molecule has 2 aromatic rings. The van der Waals surface area contributed by atoms with Crippen LogP contribution in [0.3, 0.4) is 0 Å². The number of ketones is 1. The predicted molar refractivity (Wildman–Crippen MR) is 118 cm³/mol. The quantitative estimate of drug-likeness (QED) is 0.473. The van der Waals surface area contributed by atoms with Crippen LogP contribution in [-0.2, 0) is 4.79 Å². The summed E-state index contributed by atoms with van der Waals surface area (Å²) in [5.74, 6) is -0.219. The first-order valence-electron chi connectivity index (χ1n) is 10.1. The molecule has 148 valence electrons. The van der Waals surface area contributed by atoms with Crippen molar-refractivity contribution in [3.63, 3.8) is 0 Å². The largest absolute Gasteiger partial charge is 0.309 e. The van der Waals surface area contributed by atoms with Gasteiger partial charge in [0.05, 0.1) is 0 Å². The van der Waals surface area contributed by atoms with Crippen LogP contribution in [0.5, 0.6) is 0 Å². The van der Waals surface area contributed by atoms with Crippen molar-refractivity contribution in [3.8, 4) is 0 Å². The molecule has 0 radical (unpaired) electrons. The topological polar surface area (TPSA) is 64.8 Å². The maximum atomic E-state index is 12.8. The van der Waals surface area contributed by atoms with Crippen LogP contribution >= 0.6 is 0 Å². The van der Waals surface area contributed by atoms with Gasteiger partial charge in [-0.3, -0.25) is 4.79 Å². The summed E-state index contributed by atoms with van der Waals surface area (Å²) < 4.78 is 0. The fraction of sp³-hybridized carbons (Fsp3) is 0.400. The van der Waals surface area contributed by atoms with E-state index in [1.165, 1.54) is 0 Å². The third-order valence-electron chi connectivity index (χ3n) is 5.67. The van der Waals surface area contributed by atoms with Crippen LogP contribution in [0, 0.1) is 22.7 Å². The third kappa shape index (κ3) is 5.72. The van der Waals surface area contributed by atoms with Gasteiger partial charge in [0.1, 0.15) is 5.78 Å². The molecule has 28 heavy (non-hydrogen) atoms. The summed E-state index contributed by atoms with van der Waals surface area (Å²) in [6, 6.07) is 20.0. The average molecular weight is 377 g/mol. The Morgan fingerprint density at radius 1 is 0.679 bits per heavy atom. The highest BCUT2D eigenvalue weighted by molar-refractivity contribution is 5.96. The average Bonchev–Trinajstić information content (AvgIpc) is 2.72. The summed E-state index contributed by atoms with van der Waals surface area (Å²) in [6.45, 7) is 7.87. The lowest BCUT2D eigenvalue weighted by molar-refractivity contribution is -0.125. The fourth-order valence-corrected chi connectivity index (χ4v) is 3.59. The number of benzene rings is 2. The van der Waals surface area contributed by atoms with E-state index in [1.807, 2.05) is 88.4 Å². The standard InChI is InChI=1S/C25H32N2O/c1-17(15-23(26)19(3)21-11-7-5-8-12-21)25(28)18(2)16-24(27)20(4)22-13-9-6-10-14-22/h5-14,17-20,26-27H,15-16H2,1-4H3/t17?,18?,19-,20-/m1/s1. The molecule has 2 aromatic carbocycles. The van der Waals surface area contributed by atoms with Crippen LogP contribution in [0.15, 0.2) is 60.7 Å². The highest BCUT2D eigenvalue weighted by Gasteiger charge is 2.25. The van der Waals surface area contributed by atoms with Crippen LogP contribution in [0.25, 0.3) is 0 Å². The molecule has 3 heteroatoms.